The molecule has 2 aliphatic rings. The summed E-state index contributed by atoms with van der Waals surface area (Å²) < 4.78 is 33.4. The van der Waals surface area contributed by atoms with E-state index >= 15 is 0 Å². The topological polar surface area (TPSA) is 46.6 Å². The van der Waals surface area contributed by atoms with E-state index in [-0.39, 0.29) is 24.3 Å². The largest absolute Gasteiger partial charge is 0.460 e. The highest BCUT2D eigenvalue weighted by molar-refractivity contribution is 7.98. The van der Waals surface area contributed by atoms with Gasteiger partial charge in [0.25, 0.3) is 5.91 Å². The first-order valence-electron chi connectivity index (χ1n) is 9.90. The van der Waals surface area contributed by atoms with Gasteiger partial charge in [0.05, 0.1) is 16.2 Å². The minimum Gasteiger partial charge on any atom is -0.460 e. The van der Waals surface area contributed by atoms with Gasteiger partial charge < -0.3 is 9.64 Å². The van der Waals surface area contributed by atoms with Gasteiger partial charge in [0.2, 0.25) is 0 Å². The van der Waals surface area contributed by atoms with Crippen molar-refractivity contribution in [3.05, 3.63) is 40.3 Å². The molecule has 0 aliphatic carbocycles. The van der Waals surface area contributed by atoms with Crippen molar-refractivity contribution in [2.24, 2.45) is 0 Å². The number of thiophene rings is 1. The van der Waals surface area contributed by atoms with Crippen LogP contribution in [0.1, 0.15) is 55.3 Å². The summed E-state index contributed by atoms with van der Waals surface area (Å²) in [4.78, 5) is 28.9. The molecule has 1 saturated heterocycles. The third-order valence-corrected chi connectivity index (χ3v) is 7.46. The van der Waals surface area contributed by atoms with Crippen molar-refractivity contribution < 1.29 is 23.1 Å². The molecule has 160 valence electrons. The Hall–Kier alpha value is -1.93. The van der Waals surface area contributed by atoms with Crippen LogP contribution in [0.25, 0.3) is 10.4 Å². The van der Waals surface area contributed by atoms with Crippen molar-refractivity contribution in [1.82, 2.24) is 4.90 Å². The maximum absolute atomic E-state index is 14.2. The predicted molar refractivity (Wildman–Crippen MR) is 114 cm³/mol. The van der Waals surface area contributed by atoms with E-state index in [0.29, 0.717) is 27.6 Å². The van der Waals surface area contributed by atoms with Crippen LogP contribution in [0.5, 0.6) is 0 Å². The molecule has 2 aromatic rings. The highest BCUT2D eigenvalue weighted by Gasteiger charge is 2.34. The van der Waals surface area contributed by atoms with Crippen LogP contribution < -0.4 is 0 Å². The van der Waals surface area contributed by atoms with Gasteiger partial charge in [-0.2, -0.15) is 0 Å². The molecule has 4 nitrogen and oxygen atoms in total. The summed E-state index contributed by atoms with van der Waals surface area (Å²) in [5, 5.41) is 0. The number of amides is 1. The molecule has 0 spiro atoms. The standard InChI is InChI=1S/C22H23F2NO3S2/c1-22(2,3)28-18(26)10-14-5-4-6-25(14)21(27)17-7-12-11-29-20-15(19(12)30-17)8-13(23)9-16(20)24/h7-9,14H,4-6,10-11H2,1-3H3. The van der Waals surface area contributed by atoms with Gasteiger partial charge in [0.15, 0.2) is 0 Å². The first kappa shape index (κ1) is 21.3. The lowest BCUT2D eigenvalue weighted by Crippen LogP contribution is -2.37. The lowest BCUT2D eigenvalue weighted by Gasteiger charge is -2.26. The molecule has 1 aromatic heterocycles. The molecule has 1 atom stereocenters. The number of nitrogens with zero attached hydrogens (tertiary/aromatic N) is 1. The fourth-order valence-corrected chi connectivity index (χ4v) is 6.28. The number of carbonyl (C=O) groups excluding carboxylic acids is 2. The number of likely N-dealkylation sites (tertiary alicyclic amines) is 1. The van der Waals surface area contributed by atoms with Gasteiger partial charge in [0, 0.05) is 34.8 Å². The molecule has 0 saturated carbocycles. The monoisotopic (exact) mass is 451 g/mol. The smallest absolute Gasteiger partial charge is 0.308 e. The van der Waals surface area contributed by atoms with Gasteiger partial charge >= 0.3 is 5.97 Å². The number of rotatable bonds is 3. The predicted octanol–water partition coefficient (Wildman–Crippen LogP) is 5.64. The van der Waals surface area contributed by atoms with Crippen LogP contribution in [0.3, 0.4) is 0 Å². The molecule has 1 fully saturated rings. The number of thioether (sulfide) groups is 1. The van der Waals surface area contributed by atoms with E-state index in [1.54, 1.807) is 4.90 Å². The molecule has 30 heavy (non-hydrogen) atoms. The van der Waals surface area contributed by atoms with Crippen LogP contribution >= 0.6 is 23.1 Å². The molecule has 8 heteroatoms. The zero-order valence-corrected chi connectivity index (χ0v) is 18.7. The molecule has 3 heterocycles. The Morgan fingerprint density at radius 2 is 2.00 bits per heavy atom. The Balaban J connectivity index is 1.56. The van der Waals surface area contributed by atoms with Gasteiger partial charge in [-0.1, -0.05) is 0 Å². The van der Waals surface area contributed by atoms with Crippen LogP contribution in [0.2, 0.25) is 0 Å². The molecule has 4 rings (SSSR count). The molecule has 0 bridgehead atoms. The summed E-state index contributed by atoms with van der Waals surface area (Å²) in [6.07, 6.45) is 1.76. The van der Waals surface area contributed by atoms with Crippen molar-refractivity contribution in [2.45, 2.75) is 62.3 Å². The fraction of sp³-hybridized carbons (Fsp3) is 0.455. The van der Waals surface area contributed by atoms with E-state index in [2.05, 4.69) is 0 Å². The van der Waals surface area contributed by atoms with Crippen molar-refractivity contribution in [3.63, 3.8) is 0 Å². The SMILES string of the molecule is CC(C)(C)OC(=O)CC1CCCN1C(=O)c1cc2c(s1)-c1cc(F)cc(F)c1SC2. The van der Waals surface area contributed by atoms with E-state index in [9.17, 15) is 18.4 Å². The van der Waals surface area contributed by atoms with E-state index in [1.165, 1.54) is 29.2 Å². The van der Waals surface area contributed by atoms with E-state index < -0.39 is 17.2 Å². The van der Waals surface area contributed by atoms with Crippen molar-refractivity contribution in [3.8, 4) is 10.4 Å². The quantitative estimate of drug-likeness (QED) is 0.567. The van der Waals surface area contributed by atoms with Crippen LogP contribution in [-0.4, -0.2) is 35.0 Å². The fourth-order valence-electron chi connectivity index (χ4n) is 3.93. The Labute approximate surface area is 182 Å². The number of ether oxygens (including phenoxy) is 1. The molecule has 1 aromatic carbocycles. The Bertz CT molecular complexity index is 1010. The lowest BCUT2D eigenvalue weighted by atomic mass is 10.1. The summed E-state index contributed by atoms with van der Waals surface area (Å²) in [6.45, 7) is 6.05. The van der Waals surface area contributed by atoms with Crippen LogP contribution in [0.4, 0.5) is 8.78 Å². The number of esters is 1. The van der Waals surface area contributed by atoms with Gasteiger partial charge in [-0.05, 0) is 51.3 Å². The summed E-state index contributed by atoms with van der Waals surface area (Å²) >= 11 is 2.58. The average Bonchev–Trinajstić information content (AvgIpc) is 3.26. The number of benzene rings is 1. The number of hydrogen-bond donors (Lipinski definition) is 0. The normalized spacial score (nSPS) is 18.2. The van der Waals surface area contributed by atoms with E-state index in [0.717, 1.165) is 29.3 Å². The van der Waals surface area contributed by atoms with Crippen LogP contribution in [0, 0.1) is 11.6 Å². The summed E-state index contributed by atoms with van der Waals surface area (Å²) in [6, 6.07) is 3.85. The lowest BCUT2D eigenvalue weighted by molar-refractivity contribution is -0.155. The zero-order chi connectivity index (χ0) is 21.6. The number of halogens is 2. The van der Waals surface area contributed by atoms with Crippen LogP contribution in [0.15, 0.2) is 23.1 Å². The second kappa shape index (κ2) is 7.96. The Morgan fingerprint density at radius 3 is 2.73 bits per heavy atom. The highest BCUT2D eigenvalue weighted by atomic mass is 32.2. The maximum Gasteiger partial charge on any atom is 0.308 e. The molecule has 0 N–H and O–H groups in total. The second-order valence-electron chi connectivity index (χ2n) is 8.60. The van der Waals surface area contributed by atoms with E-state index in [1.807, 2.05) is 26.8 Å². The number of carbonyl (C=O) groups is 2. The van der Waals surface area contributed by atoms with Gasteiger partial charge in [0.1, 0.15) is 17.2 Å². The number of hydrogen-bond acceptors (Lipinski definition) is 5. The Morgan fingerprint density at radius 1 is 1.23 bits per heavy atom. The number of fused-ring (bicyclic) bond motifs is 3. The maximum atomic E-state index is 14.2. The van der Waals surface area contributed by atoms with Crippen molar-refractivity contribution in [2.75, 3.05) is 6.54 Å². The highest BCUT2D eigenvalue weighted by Crippen LogP contribution is 2.47. The van der Waals surface area contributed by atoms with Crippen molar-refractivity contribution >= 4 is 35.0 Å². The molecule has 0 radical (unpaired) electrons. The first-order chi connectivity index (χ1) is 14.1. The molecule has 1 unspecified atom stereocenters. The first-order valence-corrected chi connectivity index (χ1v) is 11.7. The molecule has 1 amide bonds. The Kier molecular flexibility index (Phi) is 5.66. The van der Waals surface area contributed by atoms with Crippen LogP contribution in [-0.2, 0) is 15.3 Å². The third-order valence-electron chi connectivity index (χ3n) is 5.11. The zero-order valence-electron chi connectivity index (χ0n) is 17.1. The summed E-state index contributed by atoms with van der Waals surface area (Å²) in [7, 11) is 0. The third kappa shape index (κ3) is 4.25. The minimum atomic E-state index is -0.627. The molecular formula is C22H23F2NO3S2. The summed E-state index contributed by atoms with van der Waals surface area (Å²) in [5.74, 6) is -1.11. The van der Waals surface area contributed by atoms with Gasteiger partial charge in [-0.25, -0.2) is 8.78 Å². The van der Waals surface area contributed by atoms with Crippen molar-refractivity contribution in [1.29, 1.82) is 0 Å². The molecular weight excluding hydrogens is 428 g/mol. The average molecular weight is 452 g/mol. The second-order valence-corrected chi connectivity index (χ2v) is 10.6. The summed E-state index contributed by atoms with van der Waals surface area (Å²) in [5.41, 5.74) is 0.857. The van der Waals surface area contributed by atoms with Gasteiger partial charge in [-0.15, -0.1) is 23.1 Å². The van der Waals surface area contributed by atoms with E-state index in [4.69, 9.17) is 4.74 Å². The van der Waals surface area contributed by atoms with Gasteiger partial charge in [-0.3, -0.25) is 9.59 Å². The minimum absolute atomic E-state index is 0.135. The molecule has 2 aliphatic heterocycles.